The molecule has 102 valence electrons. The number of thiophene rings is 1. The summed E-state index contributed by atoms with van der Waals surface area (Å²) in [6, 6.07) is 1.74. The second-order valence-corrected chi connectivity index (χ2v) is 9.91. The van der Waals surface area contributed by atoms with Crippen LogP contribution in [0.5, 0.6) is 0 Å². The monoisotopic (exact) mass is 416 g/mol. The van der Waals surface area contributed by atoms with Gasteiger partial charge < -0.3 is 5.32 Å². The SMILES string of the molecule is CN(C1CCNCC1)S(=O)(=O)c1cc(Br)sc1Br. The van der Waals surface area contributed by atoms with Gasteiger partial charge in [0.1, 0.15) is 4.90 Å². The number of piperidine rings is 1. The minimum atomic E-state index is -3.41. The van der Waals surface area contributed by atoms with Crippen molar-refractivity contribution in [2.75, 3.05) is 20.1 Å². The van der Waals surface area contributed by atoms with Gasteiger partial charge >= 0.3 is 0 Å². The average Bonchev–Trinajstić information content (AvgIpc) is 2.69. The minimum absolute atomic E-state index is 0.0850. The summed E-state index contributed by atoms with van der Waals surface area (Å²) in [5.74, 6) is 0. The molecule has 4 nitrogen and oxygen atoms in total. The maximum absolute atomic E-state index is 12.5. The molecule has 0 saturated carbocycles. The van der Waals surface area contributed by atoms with E-state index in [1.165, 1.54) is 15.6 Å². The Morgan fingerprint density at radius 1 is 1.39 bits per heavy atom. The zero-order chi connectivity index (χ0) is 13.3. The summed E-state index contributed by atoms with van der Waals surface area (Å²) >= 11 is 8.01. The van der Waals surface area contributed by atoms with Crippen molar-refractivity contribution in [1.29, 1.82) is 0 Å². The standard InChI is InChI=1S/C10H14Br2N2O2S2/c1-14(7-2-4-13-5-3-7)18(15,16)8-6-9(11)17-10(8)12/h6-7,13H,2-5H2,1H3. The molecule has 0 unspecified atom stereocenters. The summed E-state index contributed by atoms with van der Waals surface area (Å²) in [5, 5.41) is 3.24. The van der Waals surface area contributed by atoms with Crippen LogP contribution in [0.4, 0.5) is 0 Å². The van der Waals surface area contributed by atoms with E-state index in [-0.39, 0.29) is 6.04 Å². The Labute approximate surface area is 128 Å². The Morgan fingerprint density at radius 2 is 2.00 bits per heavy atom. The molecule has 0 aliphatic carbocycles. The van der Waals surface area contributed by atoms with Crippen LogP contribution in [-0.2, 0) is 10.0 Å². The number of nitrogens with one attached hydrogen (secondary N) is 1. The molecule has 1 aromatic rings. The molecule has 1 aliphatic rings. The molecule has 0 amide bonds. The molecule has 8 heteroatoms. The third-order valence-corrected chi connectivity index (χ3v) is 7.77. The highest BCUT2D eigenvalue weighted by Crippen LogP contribution is 2.36. The zero-order valence-corrected chi connectivity index (χ0v) is 14.6. The fourth-order valence-electron chi connectivity index (χ4n) is 2.02. The lowest BCUT2D eigenvalue weighted by Gasteiger charge is -2.30. The molecule has 0 atom stereocenters. The quantitative estimate of drug-likeness (QED) is 0.822. The number of halogens is 2. The summed E-state index contributed by atoms with van der Waals surface area (Å²) in [6.07, 6.45) is 1.72. The molecule has 18 heavy (non-hydrogen) atoms. The first-order valence-corrected chi connectivity index (χ1v) is 9.41. The van der Waals surface area contributed by atoms with Crippen molar-refractivity contribution < 1.29 is 8.42 Å². The molecule has 2 heterocycles. The Balaban J connectivity index is 2.27. The second kappa shape index (κ2) is 5.88. The molecule has 2 rings (SSSR count). The van der Waals surface area contributed by atoms with Crippen LogP contribution in [0.1, 0.15) is 12.8 Å². The van der Waals surface area contributed by atoms with Crippen molar-refractivity contribution in [1.82, 2.24) is 9.62 Å². The predicted octanol–water partition coefficient (Wildman–Crippen LogP) is 2.65. The van der Waals surface area contributed by atoms with Crippen molar-refractivity contribution in [3.05, 3.63) is 13.6 Å². The largest absolute Gasteiger partial charge is 0.317 e. The summed E-state index contributed by atoms with van der Waals surface area (Å²) < 4.78 is 28.0. The minimum Gasteiger partial charge on any atom is -0.317 e. The Bertz CT molecular complexity index is 524. The summed E-state index contributed by atoms with van der Waals surface area (Å²) in [5.41, 5.74) is 0. The van der Waals surface area contributed by atoms with Crippen LogP contribution in [0.3, 0.4) is 0 Å². The van der Waals surface area contributed by atoms with Crippen LogP contribution in [0.2, 0.25) is 0 Å². The van der Waals surface area contributed by atoms with Crippen molar-refractivity contribution in [2.45, 2.75) is 23.8 Å². The Hall–Kier alpha value is 0.530. The second-order valence-electron chi connectivity index (χ2n) is 4.19. The highest BCUT2D eigenvalue weighted by atomic mass is 79.9. The van der Waals surface area contributed by atoms with E-state index in [1.807, 2.05) is 0 Å². The lowest BCUT2D eigenvalue weighted by atomic mass is 10.1. The number of nitrogens with zero attached hydrogens (tertiary/aromatic N) is 1. The number of hydrogen-bond donors (Lipinski definition) is 1. The van der Waals surface area contributed by atoms with E-state index in [4.69, 9.17) is 0 Å². The molecule has 1 N–H and O–H groups in total. The van der Waals surface area contributed by atoms with Crippen molar-refractivity contribution in [3.63, 3.8) is 0 Å². The van der Waals surface area contributed by atoms with Crippen LogP contribution < -0.4 is 5.32 Å². The van der Waals surface area contributed by atoms with Crippen LogP contribution in [0, 0.1) is 0 Å². The van der Waals surface area contributed by atoms with E-state index < -0.39 is 10.0 Å². The molecule has 1 aliphatic heterocycles. The topological polar surface area (TPSA) is 49.4 Å². The molecular weight excluding hydrogens is 404 g/mol. The van der Waals surface area contributed by atoms with E-state index in [0.29, 0.717) is 8.68 Å². The van der Waals surface area contributed by atoms with Crippen LogP contribution in [-0.4, -0.2) is 38.9 Å². The highest BCUT2D eigenvalue weighted by molar-refractivity contribution is 9.12. The summed E-state index contributed by atoms with van der Waals surface area (Å²) in [4.78, 5) is 0.348. The molecule has 1 saturated heterocycles. The molecule has 0 spiro atoms. The highest BCUT2D eigenvalue weighted by Gasteiger charge is 2.31. The fourth-order valence-corrected chi connectivity index (χ4v) is 7.20. The van der Waals surface area contributed by atoms with Crippen LogP contribution in [0.15, 0.2) is 18.5 Å². The number of sulfonamides is 1. The van der Waals surface area contributed by atoms with Gasteiger partial charge in [0.05, 0.1) is 7.57 Å². The zero-order valence-electron chi connectivity index (χ0n) is 9.82. The van der Waals surface area contributed by atoms with Crippen LogP contribution >= 0.6 is 43.2 Å². The predicted molar refractivity (Wildman–Crippen MR) is 80.6 cm³/mol. The van der Waals surface area contributed by atoms with Gasteiger partial charge in [0, 0.05) is 13.1 Å². The number of hydrogen-bond acceptors (Lipinski definition) is 4. The van der Waals surface area contributed by atoms with E-state index in [1.54, 1.807) is 13.1 Å². The van der Waals surface area contributed by atoms with Gasteiger partial charge in [-0.25, -0.2) is 8.42 Å². The molecular formula is C10H14Br2N2O2S2. The first-order valence-electron chi connectivity index (χ1n) is 5.56. The van der Waals surface area contributed by atoms with Gasteiger partial charge in [0.15, 0.2) is 0 Å². The third kappa shape index (κ3) is 2.99. The molecule has 0 bridgehead atoms. The Morgan fingerprint density at radius 3 is 2.50 bits per heavy atom. The third-order valence-electron chi connectivity index (χ3n) is 3.11. The van der Waals surface area contributed by atoms with Gasteiger partial charge in [0.2, 0.25) is 10.0 Å². The van der Waals surface area contributed by atoms with Crippen molar-refractivity contribution in [3.8, 4) is 0 Å². The van der Waals surface area contributed by atoms with E-state index in [0.717, 1.165) is 29.7 Å². The maximum Gasteiger partial charge on any atom is 0.245 e. The summed E-state index contributed by atoms with van der Waals surface area (Å²) in [6.45, 7) is 1.75. The summed E-state index contributed by atoms with van der Waals surface area (Å²) in [7, 11) is -1.74. The average molecular weight is 418 g/mol. The van der Waals surface area contributed by atoms with Crippen LogP contribution in [0.25, 0.3) is 0 Å². The van der Waals surface area contributed by atoms with Crippen molar-refractivity contribution >= 4 is 53.2 Å². The van der Waals surface area contributed by atoms with Gasteiger partial charge in [-0.3, -0.25) is 0 Å². The Kier molecular flexibility index (Phi) is 4.88. The maximum atomic E-state index is 12.5. The van der Waals surface area contributed by atoms with Gasteiger partial charge in [-0.1, -0.05) is 0 Å². The molecule has 0 radical (unpaired) electrons. The molecule has 1 aromatic heterocycles. The first-order chi connectivity index (χ1) is 8.43. The van der Waals surface area contributed by atoms with Gasteiger partial charge in [-0.05, 0) is 63.9 Å². The fraction of sp³-hybridized carbons (Fsp3) is 0.600. The van der Waals surface area contributed by atoms with E-state index in [9.17, 15) is 8.42 Å². The molecule has 1 fully saturated rings. The van der Waals surface area contributed by atoms with Crippen molar-refractivity contribution in [2.24, 2.45) is 0 Å². The van der Waals surface area contributed by atoms with E-state index in [2.05, 4.69) is 37.2 Å². The normalized spacial score (nSPS) is 18.4. The van der Waals surface area contributed by atoms with Gasteiger partial charge in [-0.15, -0.1) is 11.3 Å². The molecule has 0 aromatic carbocycles. The lowest BCUT2D eigenvalue weighted by Crippen LogP contribution is -2.43. The van der Waals surface area contributed by atoms with Gasteiger partial charge in [-0.2, -0.15) is 4.31 Å². The van der Waals surface area contributed by atoms with Gasteiger partial charge in [0.25, 0.3) is 0 Å². The lowest BCUT2D eigenvalue weighted by molar-refractivity contribution is 0.296. The number of rotatable bonds is 3. The van der Waals surface area contributed by atoms with E-state index >= 15 is 0 Å². The first kappa shape index (κ1) is 14.9. The smallest absolute Gasteiger partial charge is 0.245 e.